The van der Waals surface area contributed by atoms with Crippen LogP contribution in [0.3, 0.4) is 0 Å². The van der Waals surface area contributed by atoms with Crippen LogP contribution in [0.1, 0.15) is 20.8 Å². The Kier molecular flexibility index (Phi) is 3.36. The Bertz CT molecular complexity index is 123. The number of rotatable bonds is 3. The molecule has 0 aromatic rings. The molecule has 1 atom stereocenters. The van der Waals surface area contributed by atoms with Gasteiger partial charge in [-0.25, -0.2) is 0 Å². The summed E-state index contributed by atoms with van der Waals surface area (Å²) in [5.74, 6) is -0.767. The van der Waals surface area contributed by atoms with Gasteiger partial charge in [-0.15, -0.1) is 0 Å². The van der Waals surface area contributed by atoms with Crippen molar-refractivity contribution in [3.05, 3.63) is 0 Å². The van der Waals surface area contributed by atoms with E-state index in [-0.39, 0.29) is 12.1 Å². The first kappa shape index (κ1) is 9.43. The highest BCUT2D eigenvalue weighted by Crippen LogP contribution is 2.00. The van der Waals surface area contributed by atoms with Crippen LogP contribution in [0.2, 0.25) is 0 Å². The van der Waals surface area contributed by atoms with E-state index in [2.05, 4.69) is 0 Å². The Morgan fingerprint density at radius 3 is 1.90 bits per heavy atom. The largest absolute Gasteiger partial charge is 0.480 e. The summed E-state index contributed by atoms with van der Waals surface area (Å²) in [4.78, 5) is 12.2. The van der Waals surface area contributed by atoms with Crippen LogP contribution in [0.5, 0.6) is 0 Å². The van der Waals surface area contributed by atoms with Crippen LogP contribution in [0.4, 0.5) is 0 Å². The maximum absolute atomic E-state index is 10.4. The summed E-state index contributed by atoms with van der Waals surface area (Å²) in [6, 6.07) is -0.105. The van der Waals surface area contributed by atoms with Crippen molar-refractivity contribution in [3.8, 4) is 0 Å². The van der Waals surface area contributed by atoms with Crippen LogP contribution in [-0.2, 0) is 4.79 Å². The molecule has 3 heteroatoms. The van der Waals surface area contributed by atoms with Gasteiger partial charge in [0.25, 0.3) is 0 Å². The number of hydrogen-bond acceptors (Lipinski definition) is 2. The van der Waals surface area contributed by atoms with E-state index in [1.807, 2.05) is 25.8 Å². The second kappa shape index (κ2) is 3.56. The van der Waals surface area contributed by atoms with Crippen LogP contribution in [0.25, 0.3) is 0 Å². The van der Waals surface area contributed by atoms with Gasteiger partial charge < -0.3 is 5.11 Å². The normalized spacial score (nSPS) is 14.2. The standard InChI is InChI=1S/C7H15NO2/c1-5(2)8(4)6(3)7(9)10/h5-6H,1-4H3,(H,9,10)/t6-/m0/s1. The summed E-state index contributed by atoms with van der Waals surface area (Å²) in [5.41, 5.74) is 0. The van der Waals surface area contributed by atoms with Gasteiger partial charge in [-0.3, -0.25) is 9.69 Å². The summed E-state index contributed by atoms with van der Waals surface area (Å²) >= 11 is 0. The van der Waals surface area contributed by atoms with E-state index in [9.17, 15) is 4.79 Å². The molecule has 0 saturated carbocycles. The monoisotopic (exact) mass is 145 g/mol. The molecule has 0 aromatic carbocycles. The Balaban J connectivity index is 3.94. The predicted molar refractivity (Wildman–Crippen MR) is 40.0 cm³/mol. The van der Waals surface area contributed by atoms with Gasteiger partial charge in [0.2, 0.25) is 0 Å². The first-order valence-electron chi connectivity index (χ1n) is 3.41. The highest BCUT2D eigenvalue weighted by molar-refractivity contribution is 5.72. The fraction of sp³-hybridized carbons (Fsp3) is 0.857. The van der Waals surface area contributed by atoms with Gasteiger partial charge in [-0.1, -0.05) is 0 Å². The zero-order valence-electron chi connectivity index (χ0n) is 6.96. The summed E-state index contributed by atoms with van der Waals surface area (Å²) < 4.78 is 0. The maximum atomic E-state index is 10.4. The lowest BCUT2D eigenvalue weighted by molar-refractivity contribution is -0.142. The molecule has 0 fully saturated rings. The van der Waals surface area contributed by atoms with E-state index in [4.69, 9.17) is 5.11 Å². The molecule has 0 aliphatic heterocycles. The van der Waals surface area contributed by atoms with Gasteiger partial charge in [-0.05, 0) is 27.8 Å². The highest BCUT2D eigenvalue weighted by Gasteiger charge is 2.18. The molecule has 0 heterocycles. The van der Waals surface area contributed by atoms with E-state index < -0.39 is 5.97 Å². The minimum absolute atomic E-state index is 0.283. The third-order valence-corrected chi connectivity index (χ3v) is 1.78. The summed E-state index contributed by atoms with van der Waals surface area (Å²) in [6.07, 6.45) is 0. The topological polar surface area (TPSA) is 40.5 Å². The lowest BCUT2D eigenvalue weighted by Gasteiger charge is -2.24. The Labute approximate surface area is 61.6 Å². The van der Waals surface area contributed by atoms with Crippen molar-refractivity contribution in [2.75, 3.05) is 7.05 Å². The van der Waals surface area contributed by atoms with Crippen molar-refractivity contribution in [1.82, 2.24) is 4.90 Å². The molecule has 0 radical (unpaired) electrons. The zero-order chi connectivity index (χ0) is 8.31. The van der Waals surface area contributed by atoms with Gasteiger partial charge >= 0.3 is 5.97 Å². The average Bonchev–Trinajstić information content (AvgIpc) is 1.84. The molecule has 0 bridgehead atoms. The quantitative estimate of drug-likeness (QED) is 0.638. The van der Waals surface area contributed by atoms with Crippen molar-refractivity contribution >= 4 is 5.97 Å². The number of carbonyl (C=O) groups is 1. The third kappa shape index (κ3) is 2.35. The summed E-state index contributed by atoms with van der Waals surface area (Å²) in [7, 11) is 1.81. The molecule has 3 nitrogen and oxygen atoms in total. The zero-order valence-corrected chi connectivity index (χ0v) is 6.96. The van der Waals surface area contributed by atoms with Crippen molar-refractivity contribution < 1.29 is 9.90 Å². The molecule has 10 heavy (non-hydrogen) atoms. The minimum atomic E-state index is -0.767. The van der Waals surface area contributed by atoms with E-state index in [0.717, 1.165) is 0 Å². The summed E-state index contributed by atoms with van der Waals surface area (Å²) in [6.45, 7) is 5.63. The molecular weight excluding hydrogens is 130 g/mol. The second-order valence-corrected chi connectivity index (χ2v) is 2.77. The van der Waals surface area contributed by atoms with Gasteiger partial charge in [0, 0.05) is 6.04 Å². The Morgan fingerprint density at radius 2 is 1.80 bits per heavy atom. The number of nitrogens with zero attached hydrogens (tertiary/aromatic N) is 1. The molecule has 0 saturated heterocycles. The van der Waals surface area contributed by atoms with Crippen LogP contribution in [0.15, 0.2) is 0 Å². The van der Waals surface area contributed by atoms with Gasteiger partial charge in [0.15, 0.2) is 0 Å². The van der Waals surface area contributed by atoms with E-state index in [0.29, 0.717) is 0 Å². The first-order valence-corrected chi connectivity index (χ1v) is 3.41. The molecule has 60 valence electrons. The highest BCUT2D eigenvalue weighted by atomic mass is 16.4. The number of likely N-dealkylation sites (N-methyl/N-ethyl adjacent to an activating group) is 1. The maximum Gasteiger partial charge on any atom is 0.320 e. The SMILES string of the molecule is CC(C)N(C)[C@@H](C)C(=O)O. The minimum Gasteiger partial charge on any atom is -0.480 e. The molecule has 0 aliphatic rings. The number of carboxylic acid groups (broad SMARTS) is 1. The van der Waals surface area contributed by atoms with Crippen LogP contribution in [0, 0.1) is 0 Å². The van der Waals surface area contributed by atoms with Gasteiger partial charge in [0.05, 0.1) is 0 Å². The van der Waals surface area contributed by atoms with Crippen LogP contribution >= 0.6 is 0 Å². The average molecular weight is 145 g/mol. The Hall–Kier alpha value is -0.570. The molecular formula is C7H15NO2. The fourth-order valence-electron chi connectivity index (χ4n) is 0.621. The number of carboxylic acids is 1. The van der Waals surface area contributed by atoms with E-state index in [1.165, 1.54) is 0 Å². The molecule has 0 spiro atoms. The number of aliphatic carboxylic acids is 1. The third-order valence-electron chi connectivity index (χ3n) is 1.78. The lowest BCUT2D eigenvalue weighted by atomic mass is 10.2. The Morgan fingerprint density at radius 1 is 1.40 bits per heavy atom. The molecule has 0 aromatic heterocycles. The number of hydrogen-bond donors (Lipinski definition) is 1. The van der Waals surface area contributed by atoms with E-state index >= 15 is 0 Å². The van der Waals surface area contributed by atoms with Crippen LogP contribution < -0.4 is 0 Å². The van der Waals surface area contributed by atoms with Gasteiger partial charge in [-0.2, -0.15) is 0 Å². The van der Waals surface area contributed by atoms with Crippen LogP contribution in [-0.4, -0.2) is 35.1 Å². The lowest BCUT2D eigenvalue weighted by Crippen LogP contribution is -2.40. The summed E-state index contributed by atoms with van der Waals surface area (Å²) in [5, 5.41) is 8.56. The van der Waals surface area contributed by atoms with Crippen molar-refractivity contribution in [1.29, 1.82) is 0 Å². The fourth-order valence-corrected chi connectivity index (χ4v) is 0.621. The molecule has 0 unspecified atom stereocenters. The van der Waals surface area contributed by atoms with Gasteiger partial charge in [0.1, 0.15) is 6.04 Å². The smallest absolute Gasteiger partial charge is 0.320 e. The predicted octanol–water partition coefficient (Wildman–Crippen LogP) is 0.800. The molecule has 0 amide bonds. The van der Waals surface area contributed by atoms with Crippen molar-refractivity contribution in [2.45, 2.75) is 32.9 Å². The first-order chi connectivity index (χ1) is 4.46. The molecule has 0 rings (SSSR count). The van der Waals surface area contributed by atoms with Crippen molar-refractivity contribution in [3.63, 3.8) is 0 Å². The molecule has 1 N–H and O–H groups in total. The van der Waals surface area contributed by atoms with E-state index in [1.54, 1.807) is 6.92 Å². The second-order valence-electron chi connectivity index (χ2n) is 2.77. The van der Waals surface area contributed by atoms with Crippen molar-refractivity contribution in [2.24, 2.45) is 0 Å². The molecule has 0 aliphatic carbocycles.